The number of nitrogens with zero attached hydrogens (tertiary/aromatic N) is 6. The molecular weight excluding hydrogens is 683 g/mol. The van der Waals surface area contributed by atoms with Crippen LogP contribution in [0.15, 0.2) is 84.3 Å². The summed E-state index contributed by atoms with van der Waals surface area (Å²) in [5, 5.41) is 10.1. The van der Waals surface area contributed by atoms with Crippen molar-refractivity contribution in [2.45, 2.75) is 52.3 Å². The van der Waals surface area contributed by atoms with E-state index in [2.05, 4.69) is 34.7 Å². The monoisotopic (exact) mass is 723 g/mol. The van der Waals surface area contributed by atoms with E-state index in [0.29, 0.717) is 46.2 Å². The van der Waals surface area contributed by atoms with Gasteiger partial charge in [0, 0.05) is 49.7 Å². The molecule has 0 saturated carbocycles. The molecule has 2 aromatic carbocycles. The number of nitrogens with one attached hydrogen (secondary N) is 3. The van der Waals surface area contributed by atoms with Gasteiger partial charge in [0.15, 0.2) is 5.82 Å². The van der Waals surface area contributed by atoms with E-state index < -0.39 is 24.1 Å². The zero-order valence-corrected chi connectivity index (χ0v) is 31.2. The minimum absolute atomic E-state index is 0.178. The van der Waals surface area contributed by atoms with Crippen molar-refractivity contribution in [3.05, 3.63) is 101 Å². The van der Waals surface area contributed by atoms with Crippen LogP contribution in [0, 0.1) is 6.92 Å². The third kappa shape index (κ3) is 6.91. The Kier molecular flexibility index (Phi) is 8.81. The molecule has 0 fully saturated rings. The molecule has 264 valence electrons. The summed E-state index contributed by atoms with van der Waals surface area (Å²) < 4.78 is 38.7. The molecule has 7 rings (SSSR count). The van der Waals surface area contributed by atoms with Crippen molar-refractivity contribution in [3.8, 4) is 16.8 Å². The standard InChI is InChI=1S/C36H41N9O4SSi/c1-23-13-15-44-32(23)36(46)45(26-10-8-7-9-11-26)34(41-44)24(2)40-33-31-29(20-43(35(31)39-21-38-33)22-49-16-17-51(4,5)6)28-18-25(42-50(3,47)48)19-30-27(28)12-14-37-30/h7-15,18-21,24,37,42H,16-17,22H2,1-6H3,(H,38,39,40). The van der Waals surface area contributed by atoms with Gasteiger partial charge < -0.3 is 19.6 Å². The normalized spacial score (nSPS) is 13.0. The quantitative estimate of drug-likeness (QED) is 0.0949. The number of benzene rings is 2. The van der Waals surface area contributed by atoms with Crippen LogP contribution in [0.4, 0.5) is 11.5 Å². The van der Waals surface area contributed by atoms with Crippen LogP contribution in [0.2, 0.25) is 25.7 Å². The number of rotatable bonds is 12. The first-order valence-corrected chi connectivity index (χ1v) is 22.3. The van der Waals surface area contributed by atoms with Crippen molar-refractivity contribution in [2.75, 3.05) is 22.9 Å². The summed E-state index contributed by atoms with van der Waals surface area (Å²) in [6.07, 6.45) is 8.22. The first-order valence-electron chi connectivity index (χ1n) is 16.7. The second-order valence-corrected chi connectivity index (χ2v) is 21.5. The fraction of sp³-hybridized carbons (Fsp3) is 0.278. The summed E-state index contributed by atoms with van der Waals surface area (Å²) in [5.74, 6) is 1.01. The van der Waals surface area contributed by atoms with Crippen LogP contribution < -0.4 is 15.6 Å². The van der Waals surface area contributed by atoms with Crippen molar-refractivity contribution in [1.82, 2.24) is 33.7 Å². The van der Waals surface area contributed by atoms with Gasteiger partial charge in [0.2, 0.25) is 10.0 Å². The summed E-state index contributed by atoms with van der Waals surface area (Å²) in [4.78, 5) is 26.7. The molecule has 0 saturated heterocycles. The van der Waals surface area contributed by atoms with Gasteiger partial charge in [0.1, 0.15) is 30.0 Å². The van der Waals surface area contributed by atoms with E-state index in [-0.39, 0.29) is 12.3 Å². The molecule has 13 nitrogen and oxygen atoms in total. The summed E-state index contributed by atoms with van der Waals surface area (Å²) in [7, 11) is -4.87. The van der Waals surface area contributed by atoms with Crippen molar-refractivity contribution < 1.29 is 13.2 Å². The van der Waals surface area contributed by atoms with E-state index in [9.17, 15) is 13.2 Å². The van der Waals surface area contributed by atoms with Crippen LogP contribution >= 0.6 is 0 Å². The number of hydrogen-bond donors (Lipinski definition) is 3. The maximum Gasteiger partial charge on any atom is 0.282 e. The van der Waals surface area contributed by atoms with Crippen LogP contribution in [0.5, 0.6) is 0 Å². The number of fused-ring (bicyclic) bond motifs is 3. The third-order valence-electron chi connectivity index (χ3n) is 8.81. The Morgan fingerprint density at radius 1 is 1.04 bits per heavy atom. The Labute approximate surface area is 296 Å². The Balaban J connectivity index is 1.39. The smallest absolute Gasteiger partial charge is 0.282 e. The van der Waals surface area contributed by atoms with Gasteiger partial charge in [0.25, 0.3) is 5.56 Å². The number of aromatic amines is 1. The summed E-state index contributed by atoms with van der Waals surface area (Å²) in [6.45, 7) is 11.7. The van der Waals surface area contributed by atoms with Crippen LogP contribution in [-0.4, -0.2) is 63.1 Å². The van der Waals surface area contributed by atoms with Crippen LogP contribution in [0.3, 0.4) is 0 Å². The molecule has 0 bridgehead atoms. The second kappa shape index (κ2) is 13.1. The topological polar surface area (TPSA) is 153 Å². The molecule has 0 aliphatic heterocycles. The average molecular weight is 724 g/mol. The molecule has 0 spiro atoms. The van der Waals surface area contributed by atoms with Crippen molar-refractivity contribution >= 4 is 57.1 Å². The maximum atomic E-state index is 14.0. The van der Waals surface area contributed by atoms with Gasteiger partial charge in [-0.3, -0.25) is 14.1 Å². The van der Waals surface area contributed by atoms with E-state index in [0.717, 1.165) is 39.9 Å². The summed E-state index contributed by atoms with van der Waals surface area (Å²) in [6, 6.07) is 17.4. The molecule has 51 heavy (non-hydrogen) atoms. The molecule has 3 N–H and O–H groups in total. The number of sulfonamides is 1. The Morgan fingerprint density at radius 2 is 1.82 bits per heavy atom. The van der Waals surface area contributed by atoms with Gasteiger partial charge in [-0.05, 0) is 67.4 Å². The van der Waals surface area contributed by atoms with Crippen molar-refractivity contribution in [1.29, 1.82) is 0 Å². The number of H-pyrrole nitrogens is 1. The van der Waals surface area contributed by atoms with Crippen molar-refractivity contribution in [2.24, 2.45) is 0 Å². The summed E-state index contributed by atoms with van der Waals surface area (Å²) in [5.41, 5.74) is 5.23. The van der Waals surface area contributed by atoms with Gasteiger partial charge in [0.05, 0.1) is 29.1 Å². The predicted octanol–water partition coefficient (Wildman–Crippen LogP) is 6.54. The molecular formula is C36H41N9O4SSi. The van der Waals surface area contributed by atoms with Gasteiger partial charge >= 0.3 is 0 Å². The highest BCUT2D eigenvalue weighted by molar-refractivity contribution is 7.92. The average Bonchev–Trinajstić information content (AvgIpc) is 3.79. The first kappa shape index (κ1) is 34.2. The number of hydrogen-bond acceptors (Lipinski definition) is 8. The van der Waals surface area contributed by atoms with Gasteiger partial charge in [-0.2, -0.15) is 5.10 Å². The fourth-order valence-electron chi connectivity index (χ4n) is 6.35. The first-order chi connectivity index (χ1) is 24.3. The molecule has 0 amide bonds. The Bertz CT molecular complexity index is 2570. The minimum atomic E-state index is -3.55. The van der Waals surface area contributed by atoms with E-state index in [4.69, 9.17) is 19.8 Å². The Morgan fingerprint density at radius 3 is 2.57 bits per heavy atom. The lowest BCUT2D eigenvalue weighted by atomic mass is 10.0. The lowest BCUT2D eigenvalue weighted by Gasteiger charge is -2.20. The molecule has 0 aliphatic rings. The van der Waals surface area contributed by atoms with E-state index in [1.807, 2.05) is 79.3 Å². The number of anilines is 2. The zero-order valence-electron chi connectivity index (χ0n) is 29.4. The Hall–Kier alpha value is -5.25. The highest BCUT2D eigenvalue weighted by Crippen LogP contribution is 2.40. The fourth-order valence-corrected chi connectivity index (χ4v) is 7.65. The summed E-state index contributed by atoms with van der Waals surface area (Å²) >= 11 is 0. The van der Waals surface area contributed by atoms with Crippen LogP contribution in [0.25, 0.3) is 44.3 Å². The molecule has 5 aromatic heterocycles. The predicted molar refractivity (Wildman–Crippen MR) is 205 cm³/mol. The largest absolute Gasteiger partial charge is 0.361 e. The lowest BCUT2D eigenvalue weighted by Crippen LogP contribution is -2.29. The highest BCUT2D eigenvalue weighted by atomic mass is 32.2. The van der Waals surface area contributed by atoms with Crippen molar-refractivity contribution in [3.63, 3.8) is 0 Å². The lowest BCUT2D eigenvalue weighted by molar-refractivity contribution is 0.0899. The maximum absolute atomic E-state index is 14.0. The third-order valence-corrected chi connectivity index (χ3v) is 11.1. The number of aryl methyl sites for hydroxylation is 1. The SMILES string of the molecule is Cc1ccn2nc(C(C)Nc3ncnc4c3c(-c3cc(NS(C)(=O)=O)cc5[nH]ccc35)cn4COCC[Si](C)(C)C)n(-c3ccccc3)c(=O)c12. The highest BCUT2D eigenvalue weighted by Gasteiger charge is 2.24. The van der Waals surface area contributed by atoms with E-state index in [1.165, 1.54) is 6.33 Å². The van der Waals surface area contributed by atoms with Gasteiger partial charge in [-0.25, -0.2) is 22.9 Å². The van der Waals surface area contributed by atoms with Gasteiger partial charge in [-0.15, -0.1) is 0 Å². The number of aromatic nitrogens is 7. The molecule has 1 unspecified atom stereocenters. The zero-order chi connectivity index (χ0) is 36.1. The second-order valence-electron chi connectivity index (χ2n) is 14.1. The molecule has 5 heterocycles. The van der Waals surface area contributed by atoms with Crippen LogP contribution in [-0.2, 0) is 21.5 Å². The molecule has 1 atom stereocenters. The van der Waals surface area contributed by atoms with Gasteiger partial charge in [-0.1, -0.05) is 37.8 Å². The number of ether oxygens (including phenoxy) is 1. The number of para-hydroxylation sites is 1. The van der Waals surface area contributed by atoms with E-state index in [1.54, 1.807) is 21.3 Å². The molecule has 0 aliphatic carbocycles. The van der Waals surface area contributed by atoms with E-state index >= 15 is 0 Å². The molecule has 0 radical (unpaired) electrons. The molecule has 7 aromatic rings. The minimum Gasteiger partial charge on any atom is -0.361 e. The van der Waals surface area contributed by atoms with Crippen LogP contribution in [0.1, 0.15) is 24.4 Å². The molecule has 15 heteroatoms.